The van der Waals surface area contributed by atoms with E-state index in [9.17, 15) is 17.6 Å². The first-order valence-electron chi connectivity index (χ1n) is 10.1. The van der Waals surface area contributed by atoms with Crippen LogP contribution in [0.4, 0.5) is 10.1 Å². The van der Waals surface area contributed by atoms with E-state index < -0.39 is 21.1 Å². The lowest BCUT2D eigenvalue weighted by Gasteiger charge is -2.29. The number of aromatic nitrogens is 1. The summed E-state index contributed by atoms with van der Waals surface area (Å²) in [5, 5.41) is 0.0706. The molecule has 0 aliphatic carbocycles. The van der Waals surface area contributed by atoms with Crippen molar-refractivity contribution in [1.82, 2.24) is 4.57 Å². The van der Waals surface area contributed by atoms with Crippen LogP contribution >= 0.6 is 0 Å². The van der Waals surface area contributed by atoms with Crippen molar-refractivity contribution in [2.24, 2.45) is 7.05 Å². The van der Waals surface area contributed by atoms with Gasteiger partial charge >= 0.3 is 0 Å². The second-order valence-electron chi connectivity index (χ2n) is 8.13. The van der Waals surface area contributed by atoms with Crippen molar-refractivity contribution < 1.29 is 12.8 Å². The lowest BCUT2D eigenvalue weighted by molar-refractivity contribution is 0.557. The Labute approximate surface area is 175 Å². The zero-order valence-corrected chi connectivity index (χ0v) is 18.2. The normalized spacial score (nSPS) is 15.0. The highest BCUT2D eigenvalue weighted by atomic mass is 32.2. The summed E-state index contributed by atoms with van der Waals surface area (Å²) in [5.41, 5.74) is 1.89. The quantitative estimate of drug-likeness (QED) is 0.630. The Morgan fingerprint density at radius 1 is 0.933 bits per heavy atom. The van der Waals surface area contributed by atoms with E-state index in [-0.39, 0.29) is 15.2 Å². The van der Waals surface area contributed by atoms with E-state index in [2.05, 4.69) is 0 Å². The van der Waals surface area contributed by atoms with Gasteiger partial charge in [-0.3, -0.25) is 4.79 Å². The predicted molar refractivity (Wildman–Crippen MR) is 117 cm³/mol. The fourth-order valence-electron chi connectivity index (χ4n) is 4.24. The molecule has 1 aliphatic heterocycles. The van der Waals surface area contributed by atoms with Crippen molar-refractivity contribution in [3.05, 3.63) is 63.7 Å². The van der Waals surface area contributed by atoms with E-state index in [0.29, 0.717) is 11.2 Å². The van der Waals surface area contributed by atoms with Crippen LogP contribution in [0.3, 0.4) is 0 Å². The molecular formula is C23H25FN2O3S. The number of pyridine rings is 1. The molecule has 0 N–H and O–H groups in total. The third-order valence-corrected chi connectivity index (χ3v) is 7.44. The molecule has 5 nitrogen and oxygen atoms in total. The van der Waals surface area contributed by atoms with Crippen LogP contribution in [0.5, 0.6) is 0 Å². The van der Waals surface area contributed by atoms with E-state index in [4.69, 9.17) is 0 Å². The third kappa shape index (κ3) is 3.51. The number of aryl methyl sites for hydroxylation is 3. The number of sulfone groups is 1. The van der Waals surface area contributed by atoms with Gasteiger partial charge in [0, 0.05) is 26.3 Å². The molecule has 7 heteroatoms. The summed E-state index contributed by atoms with van der Waals surface area (Å²) in [6, 6.07) is 7.81. The van der Waals surface area contributed by atoms with Crippen LogP contribution < -0.4 is 10.3 Å². The molecule has 0 unspecified atom stereocenters. The minimum atomic E-state index is -4.04. The minimum absolute atomic E-state index is 0.0706. The topological polar surface area (TPSA) is 59.4 Å². The van der Waals surface area contributed by atoms with Gasteiger partial charge in [-0.2, -0.15) is 0 Å². The second-order valence-corrected chi connectivity index (χ2v) is 10.0. The molecule has 0 radical (unpaired) electrons. The average Bonchev–Trinajstić information content (AvgIpc) is 2.70. The number of anilines is 1. The summed E-state index contributed by atoms with van der Waals surface area (Å²) >= 11 is 0. The zero-order valence-electron chi connectivity index (χ0n) is 17.4. The van der Waals surface area contributed by atoms with E-state index in [1.165, 1.54) is 12.3 Å². The zero-order chi connectivity index (χ0) is 21.6. The van der Waals surface area contributed by atoms with Crippen LogP contribution in [0.25, 0.3) is 10.9 Å². The van der Waals surface area contributed by atoms with Gasteiger partial charge in [-0.1, -0.05) is 6.07 Å². The third-order valence-electron chi connectivity index (χ3n) is 5.72. The van der Waals surface area contributed by atoms with Crippen LogP contribution in [0, 0.1) is 19.7 Å². The molecule has 4 rings (SSSR count). The van der Waals surface area contributed by atoms with Gasteiger partial charge in [0.2, 0.25) is 15.3 Å². The first kappa shape index (κ1) is 20.6. The van der Waals surface area contributed by atoms with Crippen LogP contribution in [-0.2, 0) is 16.9 Å². The van der Waals surface area contributed by atoms with Gasteiger partial charge in [0.05, 0.1) is 21.5 Å². The van der Waals surface area contributed by atoms with E-state index >= 15 is 0 Å². The molecule has 0 amide bonds. The monoisotopic (exact) mass is 428 g/mol. The Hall–Kier alpha value is -2.67. The molecule has 0 saturated carbocycles. The fraction of sp³-hybridized carbons (Fsp3) is 0.348. The lowest BCUT2D eigenvalue weighted by Crippen LogP contribution is -2.30. The molecule has 1 saturated heterocycles. The molecule has 158 valence electrons. The second kappa shape index (κ2) is 7.54. The van der Waals surface area contributed by atoms with E-state index in [0.717, 1.165) is 43.5 Å². The Bertz CT molecular complexity index is 1290. The summed E-state index contributed by atoms with van der Waals surface area (Å²) in [6.45, 7) is 5.16. The summed E-state index contributed by atoms with van der Waals surface area (Å²) in [4.78, 5) is 14.9. The minimum Gasteiger partial charge on any atom is -0.369 e. The van der Waals surface area contributed by atoms with Crippen molar-refractivity contribution in [3.63, 3.8) is 0 Å². The molecule has 0 atom stereocenters. The maximum absolute atomic E-state index is 14.9. The maximum atomic E-state index is 14.9. The molecule has 2 heterocycles. The van der Waals surface area contributed by atoms with Gasteiger partial charge in [0.1, 0.15) is 10.7 Å². The lowest BCUT2D eigenvalue weighted by atomic mass is 10.1. The first-order chi connectivity index (χ1) is 14.2. The van der Waals surface area contributed by atoms with Crippen molar-refractivity contribution in [1.29, 1.82) is 0 Å². The van der Waals surface area contributed by atoms with Gasteiger partial charge in [0.25, 0.3) is 0 Å². The molecule has 1 fully saturated rings. The molecule has 0 bridgehead atoms. The van der Waals surface area contributed by atoms with Crippen LogP contribution in [0.1, 0.15) is 30.4 Å². The van der Waals surface area contributed by atoms with Gasteiger partial charge in [-0.15, -0.1) is 0 Å². The summed E-state index contributed by atoms with van der Waals surface area (Å²) in [6.07, 6.45) is 4.48. The molecule has 1 aromatic heterocycles. The fourth-order valence-corrected chi connectivity index (χ4v) is 5.83. The highest BCUT2D eigenvalue weighted by molar-refractivity contribution is 7.91. The molecule has 1 aliphatic rings. The average molecular weight is 429 g/mol. The van der Waals surface area contributed by atoms with Gasteiger partial charge in [0.15, 0.2) is 0 Å². The largest absolute Gasteiger partial charge is 0.369 e. The Kier molecular flexibility index (Phi) is 5.18. The van der Waals surface area contributed by atoms with Gasteiger partial charge < -0.3 is 9.47 Å². The van der Waals surface area contributed by atoms with Crippen molar-refractivity contribution in [2.75, 3.05) is 18.0 Å². The number of benzene rings is 2. The SMILES string of the molecule is Cc1cc(C)cc(S(=O)(=O)c2cn(C)c3cc(N4CCCCC4)c(F)cc3c2=O)c1. The number of piperidine rings is 1. The van der Waals surface area contributed by atoms with Gasteiger partial charge in [-0.05, 0) is 68.5 Å². The Balaban J connectivity index is 1.91. The first-order valence-corrected chi connectivity index (χ1v) is 11.6. The van der Waals surface area contributed by atoms with Crippen molar-refractivity contribution >= 4 is 26.4 Å². The predicted octanol–water partition coefficient (Wildman–Crippen LogP) is 4.12. The number of rotatable bonds is 3. The molecule has 3 aromatic rings. The molecule has 2 aromatic carbocycles. The maximum Gasteiger partial charge on any atom is 0.211 e. The van der Waals surface area contributed by atoms with E-state index in [1.54, 1.807) is 29.8 Å². The number of halogens is 1. The van der Waals surface area contributed by atoms with Crippen LogP contribution in [-0.4, -0.2) is 26.1 Å². The van der Waals surface area contributed by atoms with E-state index in [1.807, 2.05) is 24.8 Å². The highest BCUT2D eigenvalue weighted by Crippen LogP contribution is 2.29. The Morgan fingerprint density at radius 2 is 1.57 bits per heavy atom. The number of hydrogen-bond acceptors (Lipinski definition) is 4. The molecule has 30 heavy (non-hydrogen) atoms. The highest BCUT2D eigenvalue weighted by Gasteiger charge is 2.25. The Morgan fingerprint density at radius 3 is 2.20 bits per heavy atom. The van der Waals surface area contributed by atoms with Gasteiger partial charge in [-0.25, -0.2) is 12.8 Å². The number of hydrogen-bond donors (Lipinski definition) is 0. The van der Waals surface area contributed by atoms with Crippen LogP contribution in [0.2, 0.25) is 0 Å². The van der Waals surface area contributed by atoms with Crippen molar-refractivity contribution in [2.45, 2.75) is 42.9 Å². The molecule has 0 spiro atoms. The van der Waals surface area contributed by atoms with Crippen molar-refractivity contribution in [3.8, 4) is 0 Å². The number of nitrogens with zero attached hydrogens (tertiary/aromatic N) is 2. The standard InChI is InChI=1S/C23H25FN2O3S/c1-15-9-16(2)11-17(10-15)30(28,29)22-14-25(3)20-13-21(26-7-5-4-6-8-26)19(24)12-18(20)23(22)27/h9-14H,4-8H2,1-3H3. The van der Waals surface area contributed by atoms with Crippen LogP contribution in [0.15, 0.2) is 51.1 Å². The summed E-state index contributed by atoms with van der Waals surface area (Å²) in [5.74, 6) is -0.498. The number of fused-ring (bicyclic) bond motifs is 1. The molecular weight excluding hydrogens is 403 g/mol. The smallest absolute Gasteiger partial charge is 0.211 e. The summed E-state index contributed by atoms with van der Waals surface area (Å²) in [7, 11) is -2.36. The summed E-state index contributed by atoms with van der Waals surface area (Å²) < 4.78 is 43.0.